The van der Waals surface area contributed by atoms with Gasteiger partial charge in [0, 0.05) is 12.1 Å². The Labute approximate surface area is 122 Å². The number of para-hydroxylation sites is 1. The van der Waals surface area contributed by atoms with Crippen LogP contribution in [0, 0.1) is 5.92 Å². The molecule has 0 saturated carbocycles. The van der Waals surface area contributed by atoms with E-state index in [-0.39, 0.29) is 17.2 Å². The van der Waals surface area contributed by atoms with Gasteiger partial charge in [0.05, 0.1) is 16.3 Å². The van der Waals surface area contributed by atoms with Crippen LogP contribution in [0.25, 0.3) is 0 Å². The van der Waals surface area contributed by atoms with E-state index in [1.165, 1.54) is 0 Å². The van der Waals surface area contributed by atoms with Crippen LogP contribution in [0.15, 0.2) is 29.2 Å². The van der Waals surface area contributed by atoms with Crippen molar-refractivity contribution in [3.63, 3.8) is 0 Å². The van der Waals surface area contributed by atoms with Crippen molar-refractivity contribution in [2.45, 2.75) is 44.6 Å². The van der Waals surface area contributed by atoms with Crippen LogP contribution in [-0.2, 0) is 9.84 Å². The fourth-order valence-electron chi connectivity index (χ4n) is 1.96. The van der Waals surface area contributed by atoms with E-state index in [4.69, 9.17) is 5.73 Å². The summed E-state index contributed by atoms with van der Waals surface area (Å²) in [5, 5.41) is 3.33. The van der Waals surface area contributed by atoms with Gasteiger partial charge < -0.3 is 11.1 Å². The monoisotopic (exact) mass is 298 g/mol. The maximum absolute atomic E-state index is 12.3. The Balaban J connectivity index is 3.21. The SMILES string of the molecule is CCCS(=O)(=O)c1ccccc1NC(C)(CN)C(C)C. The van der Waals surface area contributed by atoms with Gasteiger partial charge >= 0.3 is 0 Å². The van der Waals surface area contributed by atoms with Gasteiger partial charge in [-0.1, -0.05) is 32.9 Å². The average Bonchev–Trinajstić information content (AvgIpc) is 2.38. The second-order valence-corrected chi connectivity index (χ2v) is 7.79. The summed E-state index contributed by atoms with van der Waals surface area (Å²) in [6.45, 7) is 8.46. The van der Waals surface area contributed by atoms with Crippen LogP contribution < -0.4 is 11.1 Å². The van der Waals surface area contributed by atoms with E-state index in [0.717, 1.165) is 0 Å². The molecule has 0 aromatic heterocycles. The zero-order valence-corrected chi connectivity index (χ0v) is 13.6. The van der Waals surface area contributed by atoms with Crippen LogP contribution in [0.1, 0.15) is 34.1 Å². The minimum Gasteiger partial charge on any atom is -0.377 e. The van der Waals surface area contributed by atoms with Gasteiger partial charge in [0.25, 0.3) is 0 Å². The van der Waals surface area contributed by atoms with Crippen molar-refractivity contribution in [1.29, 1.82) is 0 Å². The topological polar surface area (TPSA) is 72.2 Å². The molecule has 20 heavy (non-hydrogen) atoms. The highest BCUT2D eigenvalue weighted by Crippen LogP contribution is 2.28. The van der Waals surface area contributed by atoms with Crippen LogP contribution in [0.3, 0.4) is 0 Å². The molecule has 0 amide bonds. The van der Waals surface area contributed by atoms with Crippen molar-refractivity contribution in [2.24, 2.45) is 11.7 Å². The molecule has 4 nitrogen and oxygen atoms in total. The molecule has 3 N–H and O–H groups in total. The second kappa shape index (κ2) is 6.59. The fraction of sp³-hybridized carbons (Fsp3) is 0.600. The van der Waals surface area contributed by atoms with E-state index in [9.17, 15) is 8.42 Å². The minimum absolute atomic E-state index is 0.159. The molecule has 1 unspecified atom stereocenters. The normalized spacial score (nSPS) is 15.1. The molecule has 5 heteroatoms. The first kappa shape index (κ1) is 17.0. The standard InChI is InChI=1S/C15H26N2O2S/c1-5-10-20(18,19)14-9-7-6-8-13(14)17-15(4,11-16)12(2)3/h6-9,12,17H,5,10-11,16H2,1-4H3. The van der Waals surface area contributed by atoms with Gasteiger partial charge in [0.15, 0.2) is 9.84 Å². The van der Waals surface area contributed by atoms with Crippen LogP contribution >= 0.6 is 0 Å². The molecule has 0 bridgehead atoms. The van der Waals surface area contributed by atoms with Crippen LogP contribution in [-0.4, -0.2) is 26.3 Å². The Morgan fingerprint density at radius 1 is 1.30 bits per heavy atom. The minimum atomic E-state index is -3.25. The lowest BCUT2D eigenvalue weighted by Crippen LogP contribution is -2.47. The highest BCUT2D eigenvalue weighted by Gasteiger charge is 2.28. The van der Waals surface area contributed by atoms with Crippen molar-refractivity contribution in [2.75, 3.05) is 17.6 Å². The van der Waals surface area contributed by atoms with Crippen LogP contribution in [0.4, 0.5) is 5.69 Å². The van der Waals surface area contributed by atoms with Gasteiger partial charge in [0.1, 0.15) is 0 Å². The molecule has 0 aliphatic rings. The molecule has 0 heterocycles. The summed E-state index contributed by atoms with van der Waals surface area (Å²) in [5.74, 6) is 0.446. The molecule has 0 fully saturated rings. The highest BCUT2D eigenvalue weighted by atomic mass is 32.2. The summed E-state index contributed by atoms with van der Waals surface area (Å²) in [7, 11) is -3.25. The van der Waals surface area contributed by atoms with Crippen molar-refractivity contribution in [1.82, 2.24) is 0 Å². The van der Waals surface area contributed by atoms with Crippen LogP contribution in [0.2, 0.25) is 0 Å². The van der Waals surface area contributed by atoms with Crippen molar-refractivity contribution >= 4 is 15.5 Å². The third kappa shape index (κ3) is 3.73. The lowest BCUT2D eigenvalue weighted by Gasteiger charge is -2.35. The Bertz CT molecular complexity index is 541. The van der Waals surface area contributed by atoms with Crippen molar-refractivity contribution in [3.8, 4) is 0 Å². The number of rotatable bonds is 7. The summed E-state index contributed by atoms with van der Waals surface area (Å²) < 4.78 is 24.7. The predicted octanol–water partition coefficient (Wildman–Crippen LogP) is 2.66. The van der Waals surface area contributed by atoms with E-state index in [2.05, 4.69) is 19.2 Å². The smallest absolute Gasteiger partial charge is 0.180 e. The summed E-state index contributed by atoms with van der Waals surface area (Å²) >= 11 is 0. The molecule has 1 aromatic carbocycles. The molecular formula is C15H26N2O2S. The van der Waals surface area contributed by atoms with Crippen molar-refractivity contribution in [3.05, 3.63) is 24.3 Å². The summed E-state index contributed by atoms with van der Waals surface area (Å²) in [6.07, 6.45) is 0.606. The maximum Gasteiger partial charge on any atom is 0.180 e. The Morgan fingerprint density at radius 2 is 1.90 bits per heavy atom. The van der Waals surface area contributed by atoms with E-state index < -0.39 is 9.84 Å². The molecule has 114 valence electrons. The lowest BCUT2D eigenvalue weighted by molar-refractivity contribution is 0.382. The summed E-state index contributed by atoms with van der Waals surface area (Å²) in [4.78, 5) is 0.363. The first-order valence-corrected chi connectivity index (χ1v) is 8.72. The van der Waals surface area contributed by atoms with Crippen LogP contribution in [0.5, 0.6) is 0 Å². The Kier molecular flexibility index (Phi) is 5.59. The molecule has 1 rings (SSSR count). The van der Waals surface area contributed by atoms with Crippen molar-refractivity contribution < 1.29 is 8.42 Å². The Morgan fingerprint density at radius 3 is 2.40 bits per heavy atom. The number of nitrogens with two attached hydrogens (primary N) is 1. The van der Waals surface area contributed by atoms with E-state index in [1.807, 2.05) is 19.9 Å². The summed E-state index contributed by atoms with van der Waals surface area (Å²) in [5.41, 5.74) is 6.17. The van der Waals surface area contributed by atoms with Gasteiger partial charge in [0.2, 0.25) is 0 Å². The number of hydrogen-bond donors (Lipinski definition) is 2. The van der Waals surface area contributed by atoms with Gasteiger partial charge in [-0.25, -0.2) is 8.42 Å². The van der Waals surface area contributed by atoms with Gasteiger partial charge in [-0.05, 0) is 31.4 Å². The summed E-state index contributed by atoms with van der Waals surface area (Å²) in [6, 6.07) is 7.05. The molecule has 0 spiro atoms. The highest BCUT2D eigenvalue weighted by molar-refractivity contribution is 7.91. The Hall–Kier alpha value is -1.07. The van der Waals surface area contributed by atoms with Gasteiger partial charge in [-0.2, -0.15) is 0 Å². The molecule has 0 saturated heterocycles. The maximum atomic E-state index is 12.3. The zero-order valence-electron chi connectivity index (χ0n) is 12.8. The lowest BCUT2D eigenvalue weighted by atomic mass is 9.88. The van der Waals surface area contributed by atoms with Gasteiger partial charge in [-0.15, -0.1) is 0 Å². The number of sulfone groups is 1. The molecule has 0 aliphatic heterocycles. The van der Waals surface area contributed by atoms with Gasteiger partial charge in [-0.3, -0.25) is 0 Å². The predicted molar refractivity (Wildman–Crippen MR) is 84.7 cm³/mol. The first-order chi connectivity index (χ1) is 9.27. The average molecular weight is 298 g/mol. The first-order valence-electron chi connectivity index (χ1n) is 7.07. The molecule has 0 radical (unpaired) electrons. The second-order valence-electron chi connectivity index (χ2n) is 5.72. The molecule has 0 aliphatic carbocycles. The number of anilines is 1. The molecular weight excluding hydrogens is 272 g/mol. The molecule has 1 atom stereocenters. The van der Waals surface area contributed by atoms with E-state index in [0.29, 0.717) is 23.5 Å². The largest absolute Gasteiger partial charge is 0.377 e. The number of hydrogen-bond acceptors (Lipinski definition) is 4. The van der Waals surface area contributed by atoms with E-state index in [1.54, 1.807) is 18.2 Å². The quantitative estimate of drug-likeness (QED) is 0.811. The molecule has 1 aromatic rings. The third-order valence-corrected chi connectivity index (χ3v) is 5.79. The zero-order chi connectivity index (χ0) is 15.4. The third-order valence-electron chi connectivity index (χ3n) is 3.81. The number of nitrogens with one attached hydrogen (secondary N) is 1. The number of benzene rings is 1. The van der Waals surface area contributed by atoms with E-state index >= 15 is 0 Å². The fourth-order valence-corrected chi connectivity index (χ4v) is 3.46.